The van der Waals surface area contributed by atoms with Gasteiger partial charge in [-0.2, -0.15) is 0 Å². The van der Waals surface area contributed by atoms with Gasteiger partial charge in [0.05, 0.1) is 0 Å². The quantitative estimate of drug-likeness (QED) is 0.855. The fourth-order valence-electron chi connectivity index (χ4n) is 2.61. The van der Waals surface area contributed by atoms with Gasteiger partial charge in [0, 0.05) is 0 Å². The minimum atomic E-state index is 0.567. The van der Waals surface area contributed by atoms with Crippen LogP contribution in [0, 0.1) is 0 Å². The topological polar surface area (TPSA) is 12.0 Å². The molecule has 0 saturated carbocycles. The molecule has 98 valence electrons. The van der Waals surface area contributed by atoms with Crippen LogP contribution in [0.25, 0.3) is 0 Å². The zero-order valence-electron chi connectivity index (χ0n) is 11.0. The van der Waals surface area contributed by atoms with E-state index in [1.165, 1.54) is 28.2 Å². The van der Waals surface area contributed by atoms with E-state index in [1.807, 2.05) is 0 Å². The predicted octanol–water partition coefficient (Wildman–Crippen LogP) is 2.93. The molecular formula is C17H19NSe. The van der Waals surface area contributed by atoms with E-state index in [0.29, 0.717) is 27.0 Å². The Bertz CT molecular complexity index is 497. The van der Waals surface area contributed by atoms with Crippen LogP contribution in [-0.2, 0) is 0 Å². The third-order valence-electron chi connectivity index (χ3n) is 3.64. The Morgan fingerprint density at radius 3 is 2.32 bits per heavy atom. The Balaban J connectivity index is 1.52. The van der Waals surface area contributed by atoms with Crippen molar-refractivity contribution in [3.63, 3.8) is 0 Å². The van der Waals surface area contributed by atoms with Crippen molar-refractivity contribution in [2.75, 3.05) is 0 Å². The molecule has 1 saturated heterocycles. The standard InChI is InChI=1S/C17H19NSe/c1-3-7-14(8-4-1)17-12-11-15(18-17)13-19-16-9-5-2-6-10-16/h1-10,15,17-18H,11-13H2/t15?,17-/m0/s1. The Morgan fingerprint density at radius 2 is 1.58 bits per heavy atom. The van der Waals surface area contributed by atoms with Crippen molar-refractivity contribution in [1.29, 1.82) is 0 Å². The van der Waals surface area contributed by atoms with Crippen molar-refractivity contribution in [1.82, 2.24) is 5.32 Å². The summed E-state index contributed by atoms with van der Waals surface area (Å²) in [6.45, 7) is 0. The number of rotatable bonds is 4. The number of benzene rings is 2. The fraction of sp³-hybridized carbons (Fsp3) is 0.294. The van der Waals surface area contributed by atoms with E-state index in [-0.39, 0.29) is 0 Å². The van der Waals surface area contributed by atoms with E-state index >= 15 is 0 Å². The second-order valence-corrected chi connectivity index (χ2v) is 7.32. The molecule has 2 aromatic rings. The van der Waals surface area contributed by atoms with Crippen LogP contribution in [0.5, 0.6) is 0 Å². The summed E-state index contributed by atoms with van der Waals surface area (Å²) in [7, 11) is 0. The summed E-state index contributed by atoms with van der Waals surface area (Å²) in [4.78, 5) is 0. The van der Waals surface area contributed by atoms with Gasteiger partial charge in [-0.05, 0) is 0 Å². The zero-order chi connectivity index (χ0) is 12.9. The van der Waals surface area contributed by atoms with Gasteiger partial charge in [-0.1, -0.05) is 0 Å². The van der Waals surface area contributed by atoms with Gasteiger partial charge >= 0.3 is 121 Å². The fourth-order valence-corrected chi connectivity index (χ4v) is 4.72. The molecule has 0 bridgehead atoms. The van der Waals surface area contributed by atoms with Gasteiger partial charge in [-0.15, -0.1) is 0 Å². The molecule has 2 aromatic carbocycles. The average Bonchev–Trinajstić information content (AvgIpc) is 2.96. The van der Waals surface area contributed by atoms with Gasteiger partial charge < -0.3 is 0 Å². The summed E-state index contributed by atoms with van der Waals surface area (Å²) in [6.07, 6.45) is 2.59. The normalized spacial score (nSPS) is 22.5. The maximum absolute atomic E-state index is 3.79. The van der Waals surface area contributed by atoms with Crippen LogP contribution in [0.2, 0.25) is 5.32 Å². The predicted molar refractivity (Wildman–Crippen MR) is 82.0 cm³/mol. The third-order valence-corrected chi connectivity index (χ3v) is 6.10. The summed E-state index contributed by atoms with van der Waals surface area (Å²) in [5, 5.41) is 5.10. The average molecular weight is 316 g/mol. The van der Waals surface area contributed by atoms with E-state index in [9.17, 15) is 0 Å². The Morgan fingerprint density at radius 1 is 0.895 bits per heavy atom. The maximum atomic E-state index is 3.79. The number of hydrogen-bond acceptors (Lipinski definition) is 1. The van der Waals surface area contributed by atoms with Gasteiger partial charge in [0.2, 0.25) is 0 Å². The van der Waals surface area contributed by atoms with Crippen LogP contribution in [-0.4, -0.2) is 21.0 Å². The van der Waals surface area contributed by atoms with Gasteiger partial charge in [-0.3, -0.25) is 0 Å². The molecule has 1 N–H and O–H groups in total. The molecule has 1 unspecified atom stereocenters. The molecule has 3 rings (SSSR count). The molecule has 2 atom stereocenters. The number of nitrogens with one attached hydrogen (secondary N) is 1. The van der Waals surface area contributed by atoms with Crippen LogP contribution >= 0.6 is 0 Å². The summed E-state index contributed by atoms with van der Waals surface area (Å²) >= 11 is 0.602. The SMILES string of the molecule is c1ccc([Se]CC2CC[C@@H](c3ccccc3)N2)cc1. The Kier molecular flexibility index (Phi) is 4.34. The van der Waals surface area contributed by atoms with E-state index in [0.717, 1.165) is 0 Å². The second kappa shape index (κ2) is 6.38. The first-order chi connectivity index (χ1) is 9.42. The Hall–Kier alpha value is -1.08. The molecular weight excluding hydrogens is 297 g/mol. The second-order valence-electron chi connectivity index (χ2n) is 5.03. The van der Waals surface area contributed by atoms with Crippen LogP contribution in [0.4, 0.5) is 0 Å². The summed E-state index contributed by atoms with van der Waals surface area (Å²) in [5.41, 5.74) is 1.44. The summed E-state index contributed by atoms with van der Waals surface area (Å²) in [6, 6.07) is 23.0. The van der Waals surface area contributed by atoms with Crippen LogP contribution in [0.3, 0.4) is 0 Å². The monoisotopic (exact) mass is 317 g/mol. The minimum absolute atomic E-state index is 0.567. The molecule has 0 spiro atoms. The van der Waals surface area contributed by atoms with Crippen molar-refractivity contribution in [3.05, 3.63) is 66.2 Å². The van der Waals surface area contributed by atoms with Gasteiger partial charge in [-0.25, -0.2) is 0 Å². The zero-order valence-corrected chi connectivity index (χ0v) is 12.7. The van der Waals surface area contributed by atoms with Crippen molar-refractivity contribution < 1.29 is 0 Å². The molecule has 1 aliphatic rings. The third kappa shape index (κ3) is 3.48. The van der Waals surface area contributed by atoms with E-state index in [4.69, 9.17) is 0 Å². The molecule has 19 heavy (non-hydrogen) atoms. The summed E-state index contributed by atoms with van der Waals surface area (Å²) < 4.78 is 1.51. The van der Waals surface area contributed by atoms with Crippen LogP contribution in [0.15, 0.2) is 60.7 Å². The van der Waals surface area contributed by atoms with Crippen LogP contribution < -0.4 is 9.78 Å². The molecule has 1 heterocycles. The molecule has 1 nitrogen and oxygen atoms in total. The van der Waals surface area contributed by atoms with Gasteiger partial charge in [0.25, 0.3) is 0 Å². The molecule has 0 aromatic heterocycles. The van der Waals surface area contributed by atoms with Crippen molar-refractivity contribution >= 4 is 19.4 Å². The first-order valence-corrected chi connectivity index (χ1v) is 8.97. The first-order valence-electron chi connectivity index (χ1n) is 6.90. The molecule has 1 fully saturated rings. The van der Waals surface area contributed by atoms with Gasteiger partial charge in [0.15, 0.2) is 0 Å². The number of hydrogen-bond donors (Lipinski definition) is 1. The van der Waals surface area contributed by atoms with E-state index in [1.54, 1.807) is 0 Å². The van der Waals surface area contributed by atoms with Gasteiger partial charge in [0.1, 0.15) is 0 Å². The molecule has 0 aliphatic carbocycles. The molecule has 0 radical (unpaired) electrons. The van der Waals surface area contributed by atoms with E-state index < -0.39 is 0 Å². The molecule has 2 heteroatoms. The molecule has 1 aliphatic heterocycles. The van der Waals surface area contributed by atoms with Crippen molar-refractivity contribution in [2.45, 2.75) is 30.2 Å². The molecule has 0 amide bonds. The summed E-state index contributed by atoms with van der Waals surface area (Å²) in [5.74, 6) is 0. The van der Waals surface area contributed by atoms with Crippen LogP contribution in [0.1, 0.15) is 24.4 Å². The first kappa shape index (κ1) is 12.9. The van der Waals surface area contributed by atoms with Crippen molar-refractivity contribution in [3.8, 4) is 0 Å². The van der Waals surface area contributed by atoms with E-state index in [2.05, 4.69) is 66.0 Å². The van der Waals surface area contributed by atoms with Crippen molar-refractivity contribution in [2.24, 2.45) is 0 Å². The Labute approximate surface area is 121 Å².